The molecule has 1 aromatic heterocycles. The quantitative estimate of drug-likeness (QED) is 0.769. The minimum absolute atomic E-state index is 0.235. The topological polar surface area (TPSA) is 48.9 Å². The van der Waals surface area contributed by atoms with Crippen molar-refractivity contribution >= 4 is 17.2 Å². The van der Waals surface area contributed by atoms with Crippen LogP contribution in [0.25, 0.3) is 10.6 Å². The number of thiazole rings is 1. The van der Waals surface area contributed by atoms with Gasteiger partial charge in [-0.2, -0.15) is 0 Å². The van der Waals surface area contributed by atoms with E-state index in [2.05, 4.69) is 46.4 Å². The highest BCUT2D eigenvalue weighted by Crippen LogP contribution is 2.24. The highest BCUT2D eigenvalue weighted by Gasteiger charge is 2.23. The number of hydrogen-bond donors (Lipinski definition) is 0. The van der Waals surface area contributed by atoms with Crippen molar-refractivity contribution in [3.63, 3.8) is 0 Å². The lowest BCUT2D eigenvalue weighted by Crippen LogP contribution is -2.51. The Balaban J connectivity index is 1.24. The van der Waals surface area contributed by atoms with Gasteiger partial charge in [0.05, 0.1) is 25.5 Å². The predicted octanol–water partition coefficient (Wildman–Crippen LogP) is 2.09. The second-order valence-electron chi connectivity index (χ2n) is 7.56. The number of rotatable bonds is 5. The van der Waals surface area contributed by atoms with Crippen molar-refractivity contribution in [1.29, 1.82) is 0 Å². The van der Waals surface area contributed by atoms with E-state index in [1.54, 1.807) is 11.3 Å². The van der Waals surface area contributed by atoms with Crippen molar-refractivity contribution < 1.29 is 9.53 Å². The van der Waals surface area contributed by atoms with E-state index >= 15 is 0 Å². The number of aryl methyl sites for hydroxylation is 1. The van der Waals surface area contributed by atoms with Gasteiger partial charge in [0.1, 0.15) is 5.01 Å². The summed E-state index contributed by atoms with van der Waals surface area (Å²) in [4.78, 5) is 23.9. The number of piperazine rings is 1. The summed E-state index contributed by atoms with van der Waals surface area (Å²) in [5, 5.41) is 3.26. The van der Waals surface area contributed by atoms with Crippen molar-refractivity contribution in [2.75, 3.05) is 59.0 Å². The second-order valence-corrected chi connectivity index (χ2v) is 8.41. The molecule has 2 aliphatic heterocycles. The molecule has 1 aromatic carbocycles. The highest BCUT2D eigenvalue weighted by atomic mass is 32.1. The molecule has 4 rings (SSSR count). The first-order chi connectivity index (χ1) is 13.7. The lowest BCUT2D eigenvalue weighted by molar-refractivity contribution is -0.136. The van der Waals surface area contributed by atoms with Crippen molar-refractivity contribution in [2.45, 2.75) is 13.5 Å². The van der Waals surface area contributed by atoms with Crippen molar-refractivity contribution in [2.24, 2.45) is 0 Å². The zero-order chi connectivity index (χ0) is 19.3. The molecule has 0 aliphatic carbocycles. The number of amides is 1. The molecule has 0 bridgehead atoms. The van der Waals surface area contributed by atoms with E-state index in [0.717, 1.165) is 56.5 Å². The third kappa shape index (κ3) is 4.97. The molecule has 0 saturated carbocycles. The van der Waals surface area contributed by atoms with Gasteiger partial charge in [-0.1, -0.05) is 29.8 Å². The Hall–Kier alpha value is -1.80. The lowest BCUT2D eigenvalue weighted by atomic mass is 10.2. The average molecular weight is 401 g/mol. The monoisotopic (exact) mass is 400 g/mol. The fourth-order valence-corrected chi connectivity index (χ4v) is 4.46. The van der Waals surface area contributed by atoms with Crippen LogP contribution in [0.3, 0.4) is 0 Å². The Labute approximate surface area is 170 Å². The largest absolute Gasteiger partial charge is 0.378 e. The van der Waals surface area contributed by atoms with E-state index in [4.69, 9.17) is 9.72 Å². The molecular formula is C21H28N4O2S. The number of benzene rings is 1. The SMILES string of the molecule is Cc1ccc(-c2nc(CN3CCN(CC(=O)N4CCOCC4)CC3)cs2)cc1. The van der Waals surface area contributed by atoms with Crippen LogP contribution in [0.2, 0.25) is 0 Å². The molecule has 0 unspecified atom stereocenters. The Kier molecular flexibility index (Phi) is 6.36. The fourth-order valence-electron chi connectivity index (χ4n) is 3.65. The number of nitrogens with zero attached hydrogens (tertiary/aromatic N) is 4. The standard InChI is InChI=1S/C21H28N4O2S/c1-17-2-4-18(5-3-17)21-22-19(16-28-21)14-23-6-8-24(9-7-23)15-20(26)25-10-12-27-13-11-25/h2-5,16H,6-15H2,1H3. The van der Waals surface area contributed by atoms with Gasteiger partial charge < -0.3 is 9.64 Å². The molecule has 7 heteroatoms. The van der Waals surface area contributed by atoms with Gasteiger partial charge in [0.15, 0.2) is 0 Å². The van der Waals surface area contributed by atoms with Crippen LogP contribution < -0.4 is 0 Å². The molecule has 0 N–H and O–H groups in total. The third-order valence-corrected chi connectivity index (χ3v) is 6.36. The van der Waals surface area contributed by atoms with Crippen LogP contribution in [0.5, 0.6) is 0 Å². The number of morpholine rings is 1. The van der Waals surface area contributed by atoms with E-state index in [1.807, 2.05) is 4.90 Å². The first-order valence-corrected chi connectivity index (χ1v) is 10.9. The minimum Gasteiger partial charge on any atom is -0.378 e. The molecule has 0 spiro atoms. The van der Waals surface area contributed by atoms with Crippen LogP contribution in [-0.2, 0) is 16.1 Å². The molecule has 150 valence electrons. The maximum Gasteiger partial charge on any atom is 0.236 e. The normalized spacial score (nSPS) is 19.1. The Morgan fingerprint density at radius 2 is 1.71 bits per heavy atom. The van der Waals surface area contributed by atoms with E-state index in [-0.39, 0.29) is 5.91 Å². The van der Waals surface area contributed by atoms with E-state index in [9.17, 15) is 4.79 Å². The summed E-state index contributed by atoms with van der Waals surface area (Å²) in [6.07, 6.45) is 0. The van der Waals surface area contributed by atoms with Gasteiger partial charge in [-0.15, -0.1) is 11.3 Å². The van der Waals surface area contributed by atoms with Gasteiger partial charge in [0, 0.05) is 56.8 Å². The average Bonchev–Trinajstić information content (AvgIpc) is 3.19. The predicted molar refractivity (Wildman–Crippen MR) is 111 cm³/mol. The Morgan fingerprint density at radius 3 is 2.43 bits per heavy atom. The third-order valence-electron chi connectivity index (χ3n) is 5.42. The van der Waals surface area contributed by atoms with Gasteiger partial charge >= 0.3 is 0 Å². The second kappa shape index (κ2) is 9.13. The van der Waals surface area contributed by atoms with Gasteiger partial charge in [0.2, 0.25) is 5.91 Å². The van der Waals surface area contributed by atoms with Crippen LogP contribution in [0, 0.1) is 6.92 Å². The number of hydrogen-bond acceptors (Lipinski definition) is 6. The van der Waals surface area contributed by atoms with Crippen LogP contribution >= 0.6 is 11.3 Å². The minimum atomic E-state index is 0.235. The molecule has 28 heavy (non-hydrogen) atoms. The number of ether oxygens (including phenoxy) is 1. The van der Waals surface area contributed by atoms with Gasteiger partial charge in [-0.05, 0) is 6.92 Å². The van der Waals surface area contributed by atoms with Gasteiger partial charge in [-0.3, -0.25) is 14.6 Å². The maximum atomic E-state index is 12.4. The summed E-state index contributed by atoms with van der Waals surface area (Å²) in [7, 11) is 0. The van der Waals surface area contributed by atoms with Crippen LogP contribution in [0.1, 0.15) is 11.3 Å². The van der Waals surface area contributed by atoms with Crippen molar-refractivity contribution in [3.05, 3.63) is 40.9 Å². The van der Waals surface area contributed by atoms with Crippen molar-refractivity contribution in [1.82, 2.24) is 19.7 Å². The summed E-state index contributed by atoms with van der Waals surface area (Å²) < 4.78 is 5.33. The molecule has 2 fully saturated rings. The zero-order valence-corrected chi connectivity index (χ0v) is 17.3. The van der Waals surface area contributed by atoms with Crippen LogP contribution in [-0.4, -0.2) is 84.6 Å². The molecule has 0 atom stereocenters. The van der Waals surface area contributed by atoms with Gasteiger partial charge in [-0.25, -0.2) is 4.98 Å². The number of aromatic nitrogens is 1. The molecule has 6 nitrogen and oxygen atoms in total. The first kappa shape index (κ1) is 19.5. The molecule has 0 radical (unpaired) electrons. The number of carbonyl (C=O) groups is 1. The first-order valence-electron chi connectivity index (χ1n) is 9.99. The molecular weight excluding hydrogens is 372 g/mol. The zero-order valence-electron chi connectivity index (χ0n) is 16.5. The summed E-state index contributed by atoms with van der Waals surface area (Å²) >= 11 is 1.71. The summed E-state index contributed by atoms with van der Waals surface area (Å²) in [5.41, 5.74) is 3.59. The highest BCUT2D eigenvalue weighted by molar-refractivity contribution is 7.13. The molecule has 2 aromatic rings. The summed E-state index contributed by atoms with van der Waals surface area (Å²) in [6.45, 7) is 10.1. The molecule has 2 saturated heterocycles. The lowest BCUT2D eigenvalue weighted by Gasteiger charge is -2.35. The smallest absolute Gasteiger partial charge is 0.236 e. The van der Waals surface area contributed by atoms with Crippen LogP contribution in [0.15, 0.2) is 29.6 Å². The Morgan fingerprint density at radius 1 is 1.04 bits per heavy atom. The molecule has 3 heterocycles. The van der Waals surface area contributed by atoms with Crippen molar-refractivity contribution in [3.8, 4) is 10.6 Å². The Bertz CT molecular complexity index is 778. The van der Waals surface area contributed by atoms with Crippen LogP contribution in [0.4, 0.5) is 0 Å². The fraction of sp³-hybridized carbons (Fsp3) is 0.524. The van der Waals surface area contributed by atoms with E-state index < -0.39 is 0 Å². The molecule has 2 aliphatic rings. The van der Waals surface area contributed by atoms with E-state index in [0.29, 0.717) is 19.8 Å². The summed E-state index contributed by atoms with van der Waals surface area (Å²) in [5.74, 6) is 0.235. The molecule has 1 amide bonds. The van der Waals surface area contributed by atoms with E-state index in [1.165, 1.54) is 11.1 Å². The van der Waals surface area contributed by atoms with Gasteiger partial charge in [0.25, 0.3) is 0 Å². The number of carbonyl (C=O) groups excluding carboxylic acids is 1. The maximum absolute atomic E-state index is 12.4. The summed E-state index contributed by atoms with van der Waals surface area (Å²) in [6, 6.07) is 8.55.